The number of hydrogen-bond donors (Lipinski definition) is 1. The van der Waals surface area contributed by atoms with Crippen LogP contribution in [0.15, 0.2) is 30.4 Å². The third-order valence-electron chi connectivity index (χ3n) is 4.75. The summed E-state index contributed by atoms with van der Waals surface area (Å²) in [7, 11) is 3.33. The first-order valence-corrected chi connectivity index (χ1v) is 7.38. The van der Waals surface area contributed by atoms with Crippen LogP contribution in [0.4, 0.5) is 5.69 Å². The summed E-state index contributed by atoms with van der Waals surface area (Å²) in [5, 5.41) is 3.63. The van der Waals surface area contributed by atoms with Crippen molar-refractivity contribution in [1.29, 1.82) is 0 Å². The fourth-order valence-corrected chi connectivity index (χ4v) is 3.69. The molecule has 0 saturated heterocycles. The third kappa shape index (κ3) is 2.37. The van der Waals surface area contributed by atoms with E-state index in [0.717, 1.165) is 34.9 Å². The highest BCUT2D eigenvalue weighted by Crippen LogP contribution is 2.45. The molecule has 3 heteroatoms. The standard InChI is InChI=1S/C17H23NO2/c1-11(15-9-12-4-5-13(15)8-12)18-14-6-7-16(19-2)17(10-14)20-3/h4-7,10-13,15,18H,8-9H2,1-3H3. The monoisotopic (exact) mass is 273 g/mol. The summed E-state index contributed by atoms with van der Waals surface area (Å²) in [4.78, 5) is 0. The molecule has 0 heterocycles. The largest absolute Gasteiger partial charge is 0.493 e. The predicted octanol–water partition coefficient (Wildman–Crippen LogP) is 3.72. The van der Waals surface area contributed by atoms with Crippen LogP contribution in [0.3, 0.4) is 0 Å². The van der Waals surface area contributed by atoms with E-state index in [-0.39, 0.29) is 0 Å². The van der Waals surface area contributed by atoms with Crippen molar-refractivity contribution in [3.8, 4) is 11.5 Å². The Hall–Kier alpha value is -1.64. The molecule has 2 bridgehead atoms. The van der Waals surface area contributed by atoms with Crippen LogP contribution in [0.25, 0.3) is 0 Å². The molecule has 1 aromatic rings. The highest BCUT2D eigenvalue weighted by molar-refractivity contribution is 5.55. The molecule has 3 rings (SSSR count). The Morgan fingerprint density at radius 2 is 1.90 bits per heavy atom. The smallest absolute Gasteiger partial charge is 0.162 e. The van der Waals surface area contributed by atoms with Gasteiger partial charge in [-0.15, -0.1) is 0 Å². The van der Waals surface area contributed by atoms with Crippen LogP contribution in [-0.2, 0) is 0 Å². The highest BCUT2D eigenvalue weighted by atomic mass is 16.5. The average molecular weight is 273 g/mol. The van der Waals surface area contributed by atoms with Crippen molar-refractivity contribution >= 4 is 5.69 Å². The first kappa shape index (κ1) is 13.3. The Morgan fingerprint density at radius 1 is 1.10 bits per heavy atom. The fraction of sp³-hybridized carbons (Fsp3) is 0.529. The van der Waals surface area contributed by atoms with Crippen molar-refractivity contribution in [2.75, 3.05) is 19.5 Å². The maximum absolute atomic E-state index is 5.36. The van der Waals surface area contributed by atoms with Gasteiger partial charge >= 0.3 is 0 Å². The van der Waals surface area contributed by atoms with Gasteiger partial charge in [0.15, 0.2) is 11.5 Å². The van der Waals surface area contributed by atoms with Crippen LogP contribution in [0.1, 0.15) is 19.8 Å². The Labute approximate surface area is 121 Å². The van der Waals surface area contributed by atoms with Crippen molar-refractivity contribution in [2.24, 2.45) is 17.8 Å². The summed E-state index contributed by atoms with van der Waals surface area (Å²) in [6.45, 7) is 2.29. The Kier molecular flexibility index (Phi) is 3.60. The van der Waals surface area contributed by atoms with Gasteiger partial charge in [-0.25, -0.2) is 0 Å². The molecule has 20 heavy (non-hydrogen) atoms. The minimum Gasteiger partial charge on any atom is -0.493 e. The van der Waals surface area contributed by atoms with Gasteiger partial charge in [-0.05, 0) is 49.7 Å². The van der Waals surface area contributed by atoms with E-state index in [9.17, 15) is 0 Å². The fourth-order valence-electron chi connectivity index (χ4n) is 3.69. The zero-order valence-electron chi connectivity index (χ0n) is 12.4. The maximum Gasteiger partial charge on any atom is 0.162 e. The van der Waals surface area contributed by atoms with Gasteiger partial charge in [0.1, 0.15) is 0 Å². The van der Waals surface area contributed by atoms with Gasteiger partial charge in [0.2, 0.25) is 0 Å². The van der Waals surface area contributed by atoms with E-state index in [2.05, 4.69) is 30.5 Å². The molecule has 0 aliphatic heterocycles. The maximum atomic E-state index is 5.36. The van der Waals surface area contributed by atoms with Gasteiger partial charge in [0, 0.05) is 17.8 Å². The second kappa shape index (κ2) is 5.39. The minimum atomic E-state index is 0.480. The van der Waals surface area contributed by atoms with Crippen LogP contribution in [0.5, 0.6) is 11.5 Å². The summed E-state index contributed by atoms with van der Waals surface area (Å²) < 4.78 is 10.6. The van der Waals surface area contributed by atoms with Crippen molar-refractivity contribution in [3.05, 3.63) is 30.4 Å². The molecule has 1 fully saturated rings. The van der Waals surface area contributed by atoms with Crippen LogP contribution >= 0.6 is 0 Å². The molecule has 2 aliphatic rings. The Bertz CT molecular complexity index is 512. The molecule has 2 aliphatic carbocycles. The van der Waals surface area contributed by atoms with E-state index in [1.54, 1.807) is 14.2 Å². The molecule has 3 nitrogen and oxygen atoms in total. The number of ether oxygens (including phenoxy) is 2. The number of nitrogens with one attached hydrogen (secondary N) is 1. The van der Waals surface area contributed by atoms with Gasteiger partial charge in [0.05, 0.1) is 14.2 Å². The number of fused-ring (bicyclic) bond motifs is 2. The lowest BCUT2D eigenvalue weighted by atomic mass is 9.87. The highest BCUT2D eigenvalue weighted by Gasteiger charge is 2.38. The SMILES string of the molecule is COc1ccc(NC(C)C2CC3C=CC2C3)cc1OC. The van der Waals surface area contributed by atoms with E-state index in [1.807, 2.05) is 12.1 Å². The molecule has 0 amide bonds. The van der Waals surface area contributed by atoms with Gasteiger partial charge in [0.25, 0.3) is 0 Å². The number of rotatable bonds is 5. The summed E-state index contributed by atoms with van der Waals surface area (Å²) >= 11 is 0. The molecule has 1 saturated carbocycles. The molecular formula is C17H23NO2. The summed E-state index contributed by atoms with van der Waals surface area (Å²) in [5.74, 6) is 3.88. The van der Waals surface area contributed by atoms with Crippen molar-refractivity contribution in [1.82, 2.24) is 0 Å². The molecule has 1 aromatic carbocycles. The summed E-state index contributed by atoms with van der Waals surface area (Å²) in [6.07, 6.45) is 7.47. The zero-order valence-corrected chi connectivity index (χ0v) is 12.4. The van der Waals surface area contributed by atoms with E-state index in [1.165, 1.54) is 12.8 Å². The van der Waals surface area contributed by atoms with Crippen molar-refractivity contribution in [2.45, 2.75) is 25.8 Å². The number of allylic oxidation sites excluding steroid dienone is 2. The topological polar surface area (TPSA) is 30.5 Å². The minimum absolute atomic E-state index is 0.480. The van der Waals surface area contributed by atoms with Crippen LogP contribution in [-0.4, -0.2) is 20.3 Å². The molecule has 0 aromatic heterocycles. The summed E-state index contributed by atoms with van der Waals surface area (Å²) in [5.41, 5.74) is 1.10. The number of anilines is 1. The number of benzene rings is 1. The average Bonchev–Trinajstić information content (AvgIpc) is 3.09. The first-order chi connectivity index (χ1) is 9.71. The van der Waals surface area contributed by atoms with Crippen molar-refractivity contribution < 1.29 is 9.47 Å². The molecule has 1 N–H and O–H groups in total. The zero-order chi connectivity index (χ0) is 14.1. The van der Waals surface area contributed by atoms with E-state index < -0.39 is 0 Å². The Morgan fingerprint density at radius 3 is 2.50 bits per heavy atom. The van der Waals surface area contributed by atoms with Crippen LogP contribution < -0.4 is 14.8 Å². The lowest BCUT2D eigenvalue weighted by Gasteiger charge is -2.27. The second-order valence-electron chi connectivity index (χ2n) is 5.95. The van der Waals surface area contributed by atoms with Gasteiger partial charge in [-0.3, -0.25) is 0 Å². The lowest BCUT2D eigenvalue weighted by molar-refractivity contribution is 0.355. The van der Waals surface area contributed by atoms with Crippen LogP contribution in [0.2, 0.25) is 0 Å². The molecule has 0 spiro atoms. The van der Waals surface area contributed by atoms with Gasteiger partial charge < -0.3 is 14.8 Å². The molecular weight excluding hydrogens is 250 g/mol. The van der Waals surface area contributed by atoms with E-state index >= 15 is 0 Å². The first-order valence-electron chi connectivity index (χ1n) is 7.38. The predicted molar refractivity (Wildman–Crippen MR) is 81.5 cm³/mol. The van der Waals surface area contributed by atoms with Crippen molar-refractivity contribution in [3.63, 3.8) is 0 Å². The molecule has 108 valence electrons. The quantitative estimate of drug-likeness (QED) is 0.829. The molecule has 4 atom stereocenters. The van der Waals surface area contributed by atoms with E-state index in [4.69, 9.17) is 9.47 Å². The summed E-state index contributed by atoms with van der Waals surface area (Å²) in [6, 6.07) is 6.50. The van der Waals surface area contributed by atoms with Gasteiger partial charge in [-0.1, -0.05) is 12.2 Å². The lowest BCUT2D eigenvalue weighted by Crippen LogP contribution is -2.28. The second-order valence-corrected chi connectivity index (χ2v) is 5.95. The molecule has 4 unspecified atom stereocenters. The number of hydrogen-bond acceptors (Lipinski definition) is 3. The Balaban J connectivity index is 1.69. The number of methoxy groups -OCH3 is 2. The molecule has 0 radical (unpaired) electrons. The van der Waals surface area contributed by atoms with Gasteiger partial charge in [-0.2, -0.15) is 0 Å². The third-order valence-corrected chi connectivity index (χ3v) is 4.75. The van der Waals surface area contributed by atoms with Crippen LogP contribution in [0, 0.1) is 17.8 Å². The van der Waals surface area contributed by atoms with E-state index in [0.29, 0.717) is 6.04 Å². The normalized spacial score (nSPS) is 28.4.